The van der Waals surface area contributed by atoms with Crippen molar-refractivity contribution < 1.29 is 4.79 Å². The first-order valence-corrected chi connectivity index (χ1v) is 6.45. The van der Waals surface area contributed by atoms with Crippen molar-refractivity contribution in [3.63, 3.8) is 0 Å². The molecule has 3 rings (SSSR count). The second kappa shape index (κ2) is 4.76. The molecule has 0 fully saturated rings. The van der Waals surface area contributed by atoms with Gasteiger partial charge in [0, 0.05) is 25.6 Å². The molecule has 3 heteroatoms. The number of rotatable bonds is 1. The van der Waals surface area contributed by atoms with Gasteiger partial charge in [-0.1, -0.05) is 42.5 Å². The molecule has 1 aliphatic rings. The number of para-hydroxylation sites is 1. The van der Waals surface area contributed by atoms with E-state index in [-0.39, 0.29) is 5.91 Å². The van der Waals surface area contributed by atoms with Gasteiger partial charge in [0.25, 0.3) is 0 Å². The van der Waals surface area contributed by atoms with E-state index in [1.807, 2.05) is 43.4 Å². The van der Waals surface area contributed by atoms with Gasteiger partial charge in [0.1, 0.15) is 0 Å². The Morgan fingerprint density at radius 1 is 1.05 bits per heavy atom. The molecule has 1 aliphatic heterocycles. The van der Waals surface area contributed by atoms with Gasteiger partial charge < -0.3 is 10.2 Å². The first kappa shape index (κ1) is 11.8. The van der Waals surface area contributed by atoms with Crippen molar-refractivity contribution in [3.05, 3.63) is 48.5 Å². The Morgan fingerprint density at radius 2 is 1.84 bits per heavy atom. The highest BCUT2D eigenvalue weighted by Gasteiger charge is 2.19. The number of amides is 1. The average molecular weight is 252 g/mol. The fraction of sp³-hybridized carbons (Fsp3) is 0.188. The summed E-state index contributed by atoms with van der Waals surface area (Å²) in [7, 11) is 2.02. The maximum absolute atomic E-state index is 11.8. The molecule has 1 N–H and O–H groups in total. The topological polar surface area (TPSA) is 32.3 Å². The molecular weight excluding hydrogens is 236 g/mol. The summed E-state index contributed by atoms with van der Waals surface area (Å²) in [6.45, 7) is 0.747. The molecule has 96 valence electrons. The maximum Gasteiger partial charge on any atom is 0.226 e. The number of benzene rings is 2. The highest BCUT2D eigenvalue weighted by Crippen LogP contribution is 2.37. The molecule has 1 amide bonds. The predicted molar refractivity (Wildman–Crippen MR) is 78.4 cm³/mol. The molecule has 0 aromatic heterocycles. The Morgan fingerprint density at radius 3 is 2.63 bits per heavy atom. The summed E-state index contributed by atoms with van der Waals surface area (Å²) in [5.41, 5.74) is 4.18. The van der Waals surface area contributed by atoms with Crippen molar-refractivity contribution in [3.8, 4) is 11.1 Å². The Bertz CT molecular complexity index is 607. The van der Waals surface area contributed by atoms with Gasteiger partial charge in [0.15, 0.2) is 0 Å². The van der Waals surface area contributed by atoms with Crippen molar-refractivity contribution in [2.45, 2.75) is 6.42 Å². The minimum Gasteiger partial charge on any atom is -0.372 e. The van der Waals surface area contributed by atoms with E-state index in [9.17, 15) is 4.79 Å². The lowest BCUT2D eigenvalue weighted by atomic mass is 10.0. The van der Waals surface area contributed by atoms with Gasteiger partial charge in [-0.3, -0.25) is 4.79 Å². The summed E-state index contributed by atoms with van der Waals surface area (Å²) < 4.78 is 0. The molecule has 0 unspecified atom stereocenters. The quantitative estimate of drug-likeness (QED) is 0.845. The molecule has 0 atom stereocenters. The van der Waals surface area contributed by atoms with Crippen molar-refractivity contribution in [2.75, 3.05) is 23.8 Å². The van der Waals surface area contributed by atoms with Gasteiger partial charge in [0.05, 0.1) is 11.4 Å². The number of fused-ring (bicyclic) bond motifs is 1. The van der Waals surface area contributed by atoms with E-state index in [1.54, 1.807) is 0 Å². The van der Waals surface area contributed by atoms with E-state index in [0.29, 0.717) is 6.42 Å². The normalized spacial score (nSPS) is 14.6. The second-order valence-corrected chi connectivity index (χ2v) is 4.79. The molecule has 0 saturated heterocycles. The zero-order valence-corrected chi connectivity index (χ0v) is 10.9. The number of hydrogen-bond acceptors (Lipinski definition) is 2. The van der Waals surface area contributed by atoms with Crippen molar-refractivity contribution in [1.29, 1.82) is 0 Å². The monoisotopic (exact) mass is 252 g/mol. The zero-order chi connectivity index (χ0) is 13.2. The number of nitrogens with zero attached hydrogens (tertiary/aromatic N) is 1. The molecule has 2 aromatic rings. The molecule has 19 heavy (non-hydrogen) atoms. The number of hydrogen-bond donors (Lipinski definition) is 1. The molecular formula is C16H16N2O. The maximum atomic E-state index is 11.8. The van der Waals surface area contributed by atoms with Crippen LogP contribution in [0.15, 0.2) is 48.5 Å². The van der Waals surface area contributed by atoms with Crippen LogP contribution in [0.4, 0.5) is 11.4 Å². The van der Waals surface area contributed by atoms with Crippen LogP contribution < -0.4 is 10.2 Å². The van der Waals surface area contributed by atoms with Crippen molar-refractivity contribution >= 4 is 17.3 Å². The minimum atomic E-state index is 0.0778. The van der Waals surface area contributed by atoms with Gasteiger partial charge in [-0.05, 0) is 11.6 Å². The van der Waals surface area contributed by atoms with Gasteiger partial charge >= 0.3 is 0 Å². The third-order valence-electron chi connectivity index (χ3n) is 3.48. The fourth-order valence-electron chi connectivity index (χ4n) is 2.44. The molecule has 0 saturated carbocycles. The summed E-state index contributed by atoms with van der Waals surface area (Å²) in [4.78, 5) is 14.0. The largest absolute Gasteiger partial charge is 0.372 e. The predicted octanol–water partition coefficient (Wildman–Crippen LogP) is 3.13. The summed E-state index contributed by atoms with van der Waals surface area (Å²) in [5, 5.41) is 3.04. The lowest BCUT2D eigenvalue weighted by molar-refractivity contribution is -0.115. The van der Waals surface area contributed by atoms with Gasteiger partial charge in [-0.15, -0.1) is 0 Å². The lowest BCUT2D eigenvalue weighted by Crippen LogP contribution is -2.18. The molecule has 0 spiro atoms. The third kappa shape index (κ3) is 2.19. The molecule has 2 aromatic carbocycles. The van der Waals surface area contributed by atoms with Gasteiger partial charge in [-0.25, -0.2) is 0 Å². The van der Waals surface area contributed by atoms with E-state index < -0.39 is 0 Å². The second-order valence-electron chi connectivity index (χ2n) is 4.79. The summed E-state index contributed by atoms with van der Waals surface area (Å²) >= 11 is 0. The van der Waals surface area contributed by atoms with Gasteiger partial charge in [-0.2, -0.15) is 0 Å². The molecule has 0 radical (unpaired) electrons. The Hall–Kier alpha value is -2.29. The van der Waals surface area contributed by atoms with Gasteiger partial charge in [0.2, 0.25) is 5.91 Å². The third-order valence-corrected chi connectivity index (χ3v) is 3.48. The van der Waals surface area contributed by atoms with E-state index in [1.165, 1.54) is 0 Å². The molecule has 0 aliphatic carbocycles. The summed E-state index contributed by atoms with van der Waals surface area (Å²) in [6.07, 6.45) is 0.527. The number of carbonyl (C=O) groups is 1. The molecule has 0 bridgehead atoms. The van der Waals surface area contributed by atoms with E-state index in [2.05, 4.69) is 22.3 Å². The fourth-order valence-corrected chi connectivity index (χ4v) is 2.44. The minimum absolute atomic E-state index is 0.0778. The van der Waals surface area contributed by atoms with Crippen LogP contribution >= 0.6 is 0 Å². The molecule has 1 heterocycles. The van der Waals surface area contributed by atoms with Crippen molar-refractivity contribution in [2.24, 2.45) is 0 Å². The highest BCUT2D eigenvalue weighted by molar-refractivity contribution is 6.01. The Kier molecular flexibility index (Phi) is 2.95. The highest BCUT2D eigenvalue weighted by atomic mass is 16.1. The standard InChI is InChI=1S/C16H16N2O/c1-18-11-10-15(19)17-16-13(8-5-9-14(16)18)12-6-3-2-4-7-12/h2-9H,10-11H2,1H3,(H,17,19). The van der Waals surface area contributed by atoms with E-state index >= 15 is 0 Å². The van der Waals surface area contributed by atoms with Crippen LogP contribution in [0.5, 0.6) is 0 Å². The van der Waals surface area contributed by atoms with E-state index in [4.69, 9.17) is 0 Å². The SMILES string of the molecule is CN1CCC(=O)Nc2c(-c3ccccc3)cccc21. The number of carbonyl (C=O) groups excluding carboxylic acids is 1. The number of anilines is 2. The van der Waals surface area contributed by atoms with E-state index in [0.717, 1.165) is 29.0 Å². The molecule has 3 nitrogen and oxygen atoms in total. The Labute approximate surface area is 112 Å². The van der Waals surface area contributed by atoms with Crippen molar-refractivity contribution in [1.82, 2.24) is 0 Å². The van der Waals surface area contributed by atoms with Crippen LogP contribution in [-0.4, -0.2) is 19.5 Å². The first-order valence-electron chi connectivity index (χ1n) is 6.45. The van der Waals surface area contributed by atoms with Crippen LogP contribution in [0, 0.1) is 0 Å². The Balaban J connectivity index is 2.17. The van der Waals surface area contributed by atoms with Crippen LogP contribution in [0.2, 0.25) is 0 Å². The number of nitrogens with one attached hydrogen (secondary N) is 1. The van der Waals surface area contributed by atoms with Crippen LogP contribution in [0.1, 0.15) is 6.42 Å². The zero-order valence-electron chi connectivity index (χ0n) is 10.9. The average Bonchev–Trinajstić information content (AvgIpc) is 2.59. The van der Waals surface area contributed by atoms with Crippen LogP contribution in [0.3, 0.4) is 0 Å². The van der Waals surface area contributed by atoms with Crippen LogP contribution in [0.25, 0.3) is 11.1 Å². The first-order chi connectivity index (χ1) is 9.25. The smallest absolute Gasteiger partial charge is 0.226 e. The summed E-state index contributed by atoms with van der Waals surface area (Å²) in [6, 6.07) is 16.3. The summed E-state index contributed by atoms with van der Waals surface area (Å²) in [5.74, 6) is 0.0778. The van der Waals surface area contributed by atoms with Crippen LogP contribution in [-0.2, 0) is 4.79 Å². The lowest BCUT2D eigenvalue weighted by Gasteiger charge is -2.20.